The topological polar surface area (TPSA) is 92.5 Å². The van der Waals surface area contributed by atoms with Gasteiger partial charge < -0.3 is 10.4 Å². The van der Waals surface area contributed by atoms with E-state index in [-0.39, 0.29) is 22.3 Å². The summed E-state index contributed by atoms with van der Waals surface area (Å²) in [6, 6.07) is 3.16. The molecule has 98 valence electrons. The number of nitro benzene ring substituents is 1. The number of nitrogens with one attached hydrogen (secondary N) is 1. The molecule has 1 rings (SSSR count). The number of halogens is 1. The molecule has 0 bridgehead atoms. The maximum absolute atomic E-state index is 11.0. The van der Waals surface area contributed by atoms with Crippen LogP contribution in [0.25, 0.3) is 0 Å². The molecule has 1 aromatic rings. The maximum atomic E-state index is 11.0. The standard InChI is InChI=1S/C11H13ClN2O4/c1-6(2)10(11(15)16)13-8-4-3-7(12)5-9(8)14(17)18/h3-6,10,13H,1-2H3,(H,15,16). The Morgan fingerprint density at radius 1 is 1.50 bits per heavy atom. The highest BCUT2D eigenvalue weighted by atomic mass is 35.5. The third-order valence-electron chi connectivity index (χ3n) is 2.40. The molecule has 0 radical (unpaired) electrons. The molecule has 1 aromatic carbocycles. The smallest absolute Gasteiger partial charge is 0.326 e. The van der Waals surface area contributed by atoms with Crippen molar-refractivity contribution in [1.82, 2.24) is 0 Å². The van der Waals surface area contributed by atoms with Gasteiger partial charge in [-0.25, -0.2) is 4.79 Å². The molecular weight excluding hydrogens is 260 g/mol. The Kier molecular flexibility index (Phi) is 4.49. The number of carboxylic acid groups (broad SMARTS) is 1. The van der Waals surface area contributed by atoms with Crippen LogP contribution in [0.2, 0.25) is 5.02 Å². The highest BCUT2D eigenvalue weighted by molar-refractivity contribution is 6.30. The zero-order chi connectivity index (χ0) is 13.9. The van der Waals surface area contributed by atoms with Crippen LogP contribution >= 0.6 is 11.6 Å². The van der Waals surface area contributed by atoms with Gasteiger partial charge in [-0.3, -0.25) is 10.1 Å². The average molecular weight is 273 g/mol. The Labute approximate surface area is 109 Å². The normalized spacial score (nSPS) is 12.2. The van der Waals surface area contributed by atoms with Gasteiger partial charge in [0.1, 0.15) is 11.7 Å². The monoisotopic (exact) mass is 272 g/mol. The minimum absolute atomic E-state index is 0.144. The van der Waals surface area contributed by atoms with Crippen molar-refractivity contribution in [2.45, 2.75) is 19.9 Å². The highest BCUT2D eigenvalue weighted by Crippen LogP contribution is 2.29. The summed E-state index contributed by atoms with van der Waals surface area (Å²) >= 11 is 5.67. The zero-order valence-electron chi connectivity index (χ0n) is 9.88. The van der Waals surface area contributed by atoms with Crippen molar-refractivity contribution in [2.75, 3.05) is 5.32 Å². The predicted molar refractivity (Wildman–Crippen MR) is 68.0 cm³/mol. The fourth-order valence-electron chi connectivity index (χ4n) is 1.46. The first-order valence-electron chi connectivity index (χ1n) is 5.26. The Morgan fingerprint density at radius 3 is 2.56 bits per heavy atom. The number of benzene rings is 1. The van der Waals surface area contributed by atoms with E-state index in [1.54, 1.807) is 13.8 Å². The van der Waals surface area contributed by atoms with E-state index in [1.165, 1.54) is 18.2 Å². The van der Waals surface area contributed by atoms with Gasteiger partial charge in [-0.2, -0.15) is 0 Å². The number of carboxylic acids is 1. The van der Waals surface area contributed by atoms with Gasteiger partial charge in [0.25, 0.3) is 5.69 Å². The van der Waals surface area contributed by atoms with E-state index in [0.717, 1.165) is 0 Å². The minimum atomic E-state index is -1.06. The number of hydrogen-bond donors (Lipinski definition) is 2. The summed E-state index contributed by atoms with van der Waals surface area (Å²) in [4.78, 5) is 21.3. The van der Waals surface area contributed by atoms with Gasteiger partial charge in [-0.15, -0.1) is 0 Å². The quantitative estimate of drug-likeness (QED) is 0.635. The molecule has 0 aliphatic heterocycles. The molecule has 0 fully saturated rings. The van der Waals surface area contributed by atoms with Gasteiger partial charge in [0.05, 0.1) is 4.92 Å². The molecule has 6 nitrogen and oxygen atoms in total. The van der Waals surface area contributed by atoms with Crippen LogP contribution in [-0.4, -0.2) is 22.0 Å². The van der Waals surface area contributed by atoms with Crippen molar-refractivity contribution >= 4 is 28.9 Å². The first kappa shape index (κ1) is 14.2. The number of nitrogens with zero attached hydrogens (tertiary/aromatic N) is 1. The van der Waals surface area contributed by atoms with Crippen molar-refractivity contribution < 1.29 is 14.8 Å². The summed E-state index contributed by atoms with van der Waals surface area (Å²) in [5, 5.41) is 22.8. The van der Waals surface area contributed by atoms with Crippen LogP contribution in [0.5, 0.6) is 0 Å². The number of nitro groups is 1. The Balaban J connectivity index is 3.10. The second-order valence-corrected chi connectivity index (χ2v) is 4.56. The molecule has 0 heterocycles. The van der Waals surface area contributed by atoms with E-state index >= 15 is 0 Å². The van der Waals surface area contributed by atoms with E-state index in [0.29, 0.717) is 0 Å². The van der Waals surface area contributed by atoms with Crippen LogP contribution in [0.1, 0.15) is 13.8 Å². The van der Waals surface area contributed by atoms with E-state index < -0.39 is 16.9 Å². The second-order valence-electron chi connectivity index (χ2n) is 4.12. The van der Waals surface area contributed by atoms with Gasteiger partial charge in [0.15, 0.2) is 0 Å². The molecular formula is C11H13ClN2O4. The maximum Gasteiger partial charge on any atom is 0.326 e. The molecule has 2 N–H and O–H groups in total. The Hall–Kier alpha value is -1.82. The summed E-state index contributed by atoms with van der Waals surface area (Å²) in [5.41, 5.74) is -0.0973. The molecule has 18 heavy (non-hydrogen) atoms. The van der Waals surface area contributed by atoms with Crippen LogP contribution in [-0.2, 0) is 4.79 Å². The third-order valence-corrected chi connectivity index (χ3v) is 2.64. The van der Waals surface area contributed by atoms with Crippen LogP contribution in [0.4, 0.5) is 11.4 Å². The summed E-state index contributed by atoms with van der Waals surface area (Å²) in [5.74, 6) is -1.27. The van der Waals surface area contributed by atoms with E-state index in [9.17, 15) is 14.9 Å². The summed E-state index contributed by atoms with van der Waals surface area (Å²) in [6.45, 7) is 3.43. The summed E-state index contributed by atoms with van der Waals surface area (Å²) in [6.07, 6.45) is 0. The fourth-order valence-corrected chi connectivity index (χ4v) is 1.63. The fraction of sp³-hybridized carbons (Fsp3) is 0.364. The van der Waals surface area contributed by atoms with Crippen molar-refractivity contribution in [2.24, 2.45) is 5.92 Å². The Morgan fingerprint density at radius 2 is 2.11 bits per heavy atom. The van der Waals surface area contributed by atoms with E-state index in [2.05, 4.69) is 5.32 Å². The molecule has 0 aliphatic carbocycles. The van der Waals surface area contributed by atoms with Gasteiger partial charge in [0.2, 0.25) is 0 Å². The van der Waals surface area contributed by atoms with Gasteiger partial charge in [-0.05, 0) is 18.1 Å². The van der Waals surface area contributed by atoms with Crippen LogP contribution in [0.3, 0.4) is 0 Å². The lowest BCUT2D eigenvalue weighted by atomic mass is 10.0. The molecule has 0 aromatic heterocycles. The molecule has 1 unspecified atom stereocenters. The first-order valence-corrected chi connectivity index (χ1v) is 5.64. The van der Waals surface area contributed by atoms with E-state index in [4.69, 9.17) is 16.7 Å². The molecule has 0 aliphatic rings. The van der Waals surface area contributed by atoms with E-state index in [1.807, 2.05) is 0 Å². The lowest BCUT2D eigenvalue weighted by Crippen LogP contribution is -2.34. The van der Waals surface area contributed by atoms with Crippen LogP contribution < -0.4 is 5.32 Å². The molecule has 0 spiro atoms. The molecule has 0 saturated carbocycles. The van der Waals surface area contributed by atoms with Gasteiger partial charge in [0, 0.05) is 11.1 Å². The zero-order valence-corrected chi connectivity index (χ0v) is 10.6. The highest BCUT2D eigenvalue weighted by Gasteiger charge is 2.24. The number of anilines is 1. The Bertz CT molecular complexity index is 476. The third kappa shape index (κ3) is 3.33. The van der Waals surface area contributed by atoms with Crippen LogP contribution in [0.15, 0.2) is 18.2 Å². The second kappa shape index (κ2) is 5.68. The lowest BCUT2D eigenvalue weighted by molar-refractivity contribution is -0.384. The SMILES string of the molecule is CC(C)C(Nc1ccc(Cl)cc1[N+](=O)[O-])C(=O)O. The molecule has 0 saturated heterocycles. The van der Waals surface area contributed by atoms with Crippen molar-refractivity contribution in [3.63, 3.8) is 0 Å². The van der Waals surface area contributed by atoms with Crippen molar-refractivity contribution in [3.05, 3.63) is 33.3 Å². The van der Waals surface area contributed by atoms with Gasteiger partial charge >= 0.3 is 5.97 Å². The summed E-state index contributed by atoms with van der Waals surface area (Å²) < 4.78 is 0. The van der Waals surface area contributed by atoms with Crippen molar-refractivity contribution in [3.8, 4) is 0 Å². The van der Waals surface area contributed by atoms with Crippen LogP contribution in [0, 0.1) is 16.0 Å². The van der Waals surface area contributed by atoms with Crippen molar-refractivity contribution in [1.29, 1.82) is 0 Å². The molecule has 0 amide bonds. The average Bonchev–Trinajstić information content (AvgIpc) is 2.25. The summed E-state index contributed by atoms with van der Waals surface area (Å²) in [7, 11) is 0. The number of hydrogen-bond acceptors (Lipinski definition) is 4. The largest absolute Gasteiger partial charge is 0.480 e. The minimum Gasteiger partial charge on any atom is -0.480 e. The molecule has 1 atom stereocenters. The number of carbonyl (C=O) groups is 1. The number of rotatable bonds is 5. The predicted octanol–water partition coefficient (Wildman–Crippen LogP) is 2.77. The lowest BCUT2D eigenvalue weighted by Gasteiger charge is -2.19. The van der Waals surface area contributed by atoms with Gasteiger partial charge in [-0.1, -0.05) is 25.4 Å². The molecule has 7 heteroatoms. The first-order chi connectivity index (χ1) is 8.32. The number of aliphatic carboxylic acids is 1.